The number of fused-ring (bicyclic) bond motifs is 2. The first kappa shape index (κ1) is 18.5. The topological polar surface area (TPSA) is 56.4 Å². The van der Waals surface area contributed by atoms with E-state index in [2.05, 4.69) is 89.7 Å². The molecule has 29 heavy (non-hydrogen) atoms. The predicted octanol–water partition coefficient (Wildman–Crippen LogP) is 3.99. The van der Waals surface area contributed by atoms with Crippen molar-refractivity contribution in [1.29, 1.82) is 0 Å². The average Bonchev–Trinajstić information content (AvgIpc) is 3.09. The number of nitrogens with zero attached hydrogens (tertiary/aromatic N) is 1. The lowest BCUT2D eigenvalue weighted by Gasteiger charge is -2.37. The van der Waals surface area contributed by atoms with E-state index in [-0.39, 0.29) is 29.7 Å². The molecule has 5 nitrogen and oxygen atoms in total. The van der Waals surface area contributed by atoms with Gasteiger partial charge in [-0.3, -0.25) is 5.32 Å². The van der Waals surface area contributed by atoms with Crippen molar-refractivity contribution in [1.82, 2.24) is 21.1 Å². The highest BCUT2D eigenvalue weighted by Gasteiger charge is 2.46. The predicted molar refractivity (Wildman–Crippen MR) is 118 cm³/mol. The summed E-state index contributed by atoms with van der Waals surface area (Å²) in [5.41, 5.74) is 5.70. The number of hydrogen-bond acceptors (Lipinski definition) is 4. The molecule has 2 amide bonds. The van der Waals surface area contributed by atoms with Gasteiger partial charge < -0.3 is 5.32 Å². The molecule has 5 rings (SSSR count). The Balaban J connectivity index is 1.34. The van der Waals surface area contributed by atoms with E-state index in [1.807, 2.05) is 6.07 Å². The summed E-state index contributed by atoms with van der Waals surface area (Å²) < 4.78 is 0. The molecule has 2 fully saturated rings. The van der Waals surface area contributed by atoms with E-state index in [4.69, 9.17) is 0 Å². The van der Waals surface area contributed by atoms with Crippen LogP contribution in [0.3, 0.4) is 0 Å². The van der Waals surface area contributed by atoms with E-state index < -0.39 is 0 Å². The third-order valence-electron chi connectivity index (χ3n) is 5.77. The van der Waals surface area contributed by atoms with Crippen molar-refractivity contribution in [2.24, 2.45) is 0 Å². The summed E-state index contributed by atoms with van der Waals surface area (Å²) in [4.78, 5) is 12.7. The fourth-order valence-electron chi connectivity index (χ4n) is 4.38. The van der Waals surface area contributed by atoms with Crippen molar-refractivity contribution < 1.29 is 4.79 Å². The number of benzene rings is 3. The fraction of sp³-hybridized carbons (Fsp3) is 0.261. The average molecular weight is 405 g/mol. The van der Waals surface area contributed by atoms with Gasteiger partial charge in [0.1, 0.15) is 11.7 Å². The second-order valence-electron chi connectivity index (χ2n) is 7.61. The van der Waals surface area contributed by atoms with Gasteiger partial charge in [0, 0.05) is 17.7 Å². The van der Waals surface area contributed by atoms with Gasteiger partial charge in [-0.15, -0.1) is 11.8 Å². The Morgan fingerprint density at radius 1 is 0.966 bits per heavy atom. The van der Waals surface area contributed by atoms with Crippen LogP contribution in [0.4, 0.5) is 4.79 Å². The highest BCUT2D eigenvalue weighted by atomic mass is 32.2. The van der Waals surface area contributed by atoms with Crippen LogP contribution in [0, 0.1) is 0 Å². The first-order valence-electron chi connectivity index (χ1n) is 9.96. The van der Waals surface area contributed by atoms with Gasteiger partial charge in [-0.2, -0.15) is 0 Å². The minimum atomic E-state index is -0.138. The quantitative estimate of drug-likeness (QED) is 0.616. The lowest BCUT2D eigenvalue weighted by molar-refractivity contribution is 0.127. The van der Waals surface area contributed by atoms with Crippen molar-refractivity contribution in [2.75, 3.05) is 0 Å². The summed E-state index contributed by atoms with van der Waals surface area (Å²) in [5.74, 6) is 1.02. The molecule has 4 unspecified atom stereocenters. The number of hydrazine groups is 1. The van der Waals surface area contributed by atoms with Gasteiger partial charge >= 0.3 is 6.03 Å². The van der Waals surface area contributed by atoms with E-state index in [0.29, 0.717) is 0 Å². The van der Waals surface area contributed by atoms with Crippen LogP contribution in [0.2, 0.25) is 0 Å². The van der Waals surface area contributed by atoms with Crippen LogP contribution < -0.4 is 16.1 Å². The highest BCUT2D eigenvalue weighted by Crippen LogP contribution is 2.34. The van der Waals surface area contributed by atoms with E-state index in [0.717, 1.165) is 5.75 Å². The maximum atomic E-state index is 12.7. The van der Waals surface area contributed by atoms with Gasteiger partial charge in [0.2, 0.25) is 0 Å². The largest absolute Gasteiger partial charge is 0.335 e. The number of thioether (sulfide) groups is 1. The fourth-order valence-corrected chi connectivity index (χ4v) is 5.40. The van der Waals surface area contributed by atoms with Crippen LogP contribution >= 0.6 is 11.8 Å². The summed E-state index contributed by atoms with van der Waals surface area (Å²) in [6.07, 6.45) is -0.0776. The Morgan fingerprint density at radius 2 is 1.72 bits per heavy atom. The van der Waals surface area contributed by atoms with Crippen molar-refractivity contribution in [3.8, 4) is 0 Å². The number of carbonyl (C=O) groups excluding carboxylic acids is 1. The van der Waals surface area contributed by atoms with Crippen molar-refractivity contribution in [3.63, 3.8) is 0 Å². The van der Waals surface area contributed by atoms with Crippen LogP contribution in [0.1, 0.15) is 24.0 Å². The first-order chi connectivity index (χ1) is 14.2. The molecule has 3 aromatic rings. The van der Waals surface area contributed by atoms with Crippen LogP contribution in [0.5, 0.6) is 0 Å². The van der Waals surface area contributed by atoms with Gasteiger partial charge in [0.25, 0.3) is 0 Å². The smallest absolute Gasteiger partial charge is 0.312 e. The molecule has 3 N–H and O–H groups in total. The lowest BCUT2D eigenvalue weighted by Crippen LogP contribution is -2.65. The molecule has 0 saturated carbocycles. The summed E-state index contributed by atoms with van der Waals surface area (Å²) in [7, 11) is 0. The Labute approximate surface area is 174 Å². The Hall–Kier alpha value is -2.54. The van der Waals surface area contributed by atoms with E-state index in [1.165, 1.54) is 21.9 Å². The standard InChI is InChI=1S/C23H24N4OS/c1-15-20(17-9-3-2-4-10-17)21-24-22(25-23(28)27(21)26-15)29-14-18-12-7-11-16-8-5-6-13-19(16)18/h2-13,15,20-22,24,26H,14H2,1H3,(H,25,28). The summed E-state index contributed by atoms with van der Waals surface area (Å²) in [6.45, 7) is 2.13. The number of carbonyl (C=O) groups is 1. The van der Waals surface area contributed by atoms with Gasteiger partial charge in [-0.25, -0.2) is 15.2 Å². The molecule has 0 aliphatic carbocycles. The Bertz CT molecular complexity index is 1020. The van der Waals surface area contributed by atoms with Gasteiger partial charge in [-0.1, -0.05) is 72.8 Å². The van der Waals surface area contributed by atoms with Gasteiger partial charge in [0.15, 0.2) is 0 Å². The zero-order valence-electron chi connectivity index (χ0n) is 16.2. The zero-order chi connectivity index (χ0) is 19.8. The molecule has 0 aromatic heterocycles. The van der Waals surface area contributed by atoms with Crippen molar-refractivity contribution in [2.45, 2.75) is 36.3 Å². The number of hydrogen-bond donors (Lipinski definition) is 3. The monoisotopic (exact) mass is 404 g/mol. The summed E-state index contributed by atoms with van der Waals surface area (Å²) in [6, 6.07) is 25.3. The van der Waals surface area contributed by atoms with E-state index in [1.54, 1.807) is 16.8 Å². The maximum absolute atomic E-state index is 12.7. The van der Waals surface area contributed by atoms with E-state index in [9.17, 15) is 4.79 Å². The zero-order valence-corrected chi connectivity index (χ0v) is 17.0. The maximum Gasteiger partial charge on any atom is 0.335 e. The SMILES string of the molecule is CC1NN2C(=O)NC(SCc3cccc4ccccc34)NC2C1c1ccccc1. The third kappa shape index (κ3) is 3.48. The molecule has 2 saturated heterocycles. The number of amides is 2. The number of nitrogens with one attached hydrogen (secondary N) is 3. The molecule has 2 aliphatic rings. The molecule has 0 radical (unpaired) electrons. The van der Waals surface area contributed by atoms with Crippen LogP contribution in [-0.4, -0.2) is 28.7 Å². The van der Waals surface area contributed by atoms with E-state index >= 15 is 0 Å². The lowest BCUT2D eigenvalue weighted by atomic mass is 9.91. The Kier molecular flexibility index (Phi) is 4.91. The van der Waals surface area contributed by atoms with Crippen LogP contribution in [-0.2, 0) is 5.75 Å². The molecule has 3 aromatic carbocycles. The molecule has 0 bridgehead atoms. The van der Waals surface area contributed by atoms with Gasteiger partial charge in [0.05, 0.1) is 0 Å². The Morgan fingerprint density at radius 3 is 2.59 bits per heavy atom. The molecular weight excluding hydrogens is 380 g/mol. The van der Waals surface area contributed by atoms with Gasteiger partial charge in [-0.05, 0) is 28.8 Å². The van der Waals surface area contributed by atoms with Crippen LogP contribution in [0.15, 0.2) is 72.8 Å². The third-order valence-corrected chi connectivity index (χ3v) is 6.83. The molecule has 148 valence electrons. The molecule has 2 aliphatic heterocycles. The second-order valence-corrected chi connectivity index (χ2v) is 8.71. The minimum Gasteiger partial charge on any atom is -0.312 e. The molecule has 0 spiro atoms. The number of rotatable bonds is 4. The molecule has 2 heterocycles. The minimum absolute atomic E-state index is 0.0746. The molecule has 6 heteroatoms. The molecular formula is C23H24N4OS. The highest BCUT2D eigenvalue weighted by molar-refractivity contribution is 7.99. The normalized spacial score (nSPS) is 26.4. The second kappa shape index (κ2) is 7.71. The van der Waals surface area contributed by atoms with Crippen LogP contribution in [0.25, 0.3) is 10.8 Å². The van der Waals surface area contributed by atoms with Crippen molar-refractivity contribution >= 4 is 28.6 Å². The first-order valence-corrected chi connectivity index (χ1v) is 11.0. The summed E-state index contributed by atoms with van der Waals surface area (Å²) >= 11 is 1.72. The summed E-state index contributed by atoms with van der Waals surface area (Å²) in [5, 5.41) is 10.9. The molecule has 4 atom stereocenters. The van der Waals surface area contributed by atoms with Crippen molar-refractivity contribution in [3.05, 3.63) is 83.9 Å². The number of urea groups is 1.